The van der Waals surface area contributed by atoms with Gasteiger partial charge in [-0.3, -0.25) is 4.79 Å². The van der Waals surface area contributed by atoms with Crippen LogP contribution in [0.25, 0.3) is 0 Å². The predicted molar refractivity (Wildman–Crippen MR) is 83.8 cm³/mol. The zero-order chi connectivity index (χ0) is 17.3. The van der Waals surface area contributed by atoms with E-state index in [9.17, 15) is 14.7 Å². The largest absolute Gasteiger partial charge is 0.493 e. The van der Waals surface area contributed by atoms with Crippen LogP contribution in [0.5, 0.6) is 5.75 Å². The fourth-order valence-corrected chi connectivity index (χ4v) is 1.88. The number of ether oxygens (including phenoxy) is 3. The van der Waals surface area contributed by atoms with E-state index in [-0.39, 0.29) is 6.61 Å². The van der Waals surface area contributed by atoms with Crippen molar-refractivity contribution in [3.05, 3.63) is 29.8 Å². The third-order valence-electron chi connectivity index (χ3n) is 3.15. The molecule has 0 spiro atoms. The molecule has 1 aromatic rings. The Morgan fingerprint density at radius 1 is 1.22 bits per heavy atom. The van der Waals surface area contributed by atoms with E-state index < -0.39 is 17.4 Å². The molecule has 0 saturated carbocycles. The number of carbonyl (C=O) groups excluding carboxylic acids is 1. The minimum Gasteiger partial charge on any atom is -0.493 e. The van der Waals surface area contributed by atoms with Crippen LogP contribution >= 0.6 is 0 Å². The number of aliphatic carboxylic acids is 1. The van der Waals surface area contributed by atoms with Crippen LogP contribution in [0.15, 0.2) is 24.3 Å². The molecular weight excluding hydrogens is 302 g/mol. The number of carboxylic acid groups (broad SMARTS) is 1. The fourth-order valence-electron chi connectivity index (χ4n) is 1.88. The Kier molecular flexibility index (Phi) is 7.50. The highest BCUT2D eigenvalue weighted by molar-refractivity contribution is 5.98. The van der Waals surface area contributed by atoms with Gasteiger partial charge in [-0.1, -0.05) is 6.07 Å². The van der Waals surface area contributed by atoms with Gasteiger partial charge in [-0.25, -0.2) is 4.79 Å². The molecule has 7 nitrogen and oxygen atoms in total. The predicted octanol–water partition coefficient (Wildman–Crippen LogP) is 1.32. The zero-order valence-electron chi connectivity index (χ0n) is 13.6. The van der Waals surface area contributed by atoms with Crippen molar-refractivity contribution >= 4 is 11.9 Å². The van der Waals surface area contributed by atoms with Crippen LogP contribution in [0.1, 0.15) is 23.7 Å². The molecule has 1 aromatic carbocycles. The quantitative estimate of drug-likeness (QED) is 0.630. The highest BCUT2D eigenvalue weighted by Gasteiger charge is 2.35. The highest BCUT2D eigenvalue weighted by Crippen LogP contribution is 2.15. The summed E-state index contributed by atoms with van der Waals surface area (Å²) >= 11 is 0. The number of hydrogen-bond donors (Lipinski definition) is 2. The number of carboxylic acids is 1. The second-order valence-electron chi connectivity index (χ2n) is 5.25. The molecule has 0 fully saturated rings. The molecule has 7 heteroatoms. The fraction of sp³-hybridized carbons (Fsp3) is 0.500. The maximum Gasteiger partial charge on any atom is 0.331 e. The number of methoxy groups -OCH3 is 2. The number of benzene rings is 1. The summed E-state index contributed by atoms with van der Waals surface area (Å²) in [7, 11) is 2.99. The maximum atomic E-state index is 12.3. The second kappa shape index (κ2) is 9.12. The van der Waals surface area contributed by atoms with E-state index in [0.29, 0.717) is 24.5 Å². The summed E-state index contributed by atoms with van der Waals surface area (Å²) in [4.78, 5) is 23.6. The standard InChI is InChI=1S/C16H23NO6/c1-16(11-22-3,15(19)20)17-14(18)12-6-4-7-13(10-12)23-9-5-8-21-2/h4,6-7,10H,5,8-9,11H2,1-3H3,(H,17,18)(H,19,20). The SMILES string of the molecule is COCCCOc1cccc(C(=O)NC(C)(COC)C(=O)O)c1. The van der Waals surface area contributed by atoms with E-state index >= 15 is 0 Å². The summed E-state index contributed by atoms with van der Waals surface area (Å²) in [6.45, 7) is 2.31. The van der Waals surface area contributed by atoms with E-state index in [1.807, 2.05) is 0 Å². The zero-order valence-corrected chi connectivity index (χ0v) is 13.6. The normalized spacial score (nSPS) is 13.2. The summed E-state index contributed by atoms with van der Waals surface area (Å²) in [6.07, 6.45) is 0.734. The molecule has 2 N–H and O–H groups in total. The Bertz CT molecular complexity index is 533. The van der Waals surface area contributed by atoms with Gasteiger partial charge in [-0.05, 0) is 25.1 Å². The summed E-state index contributed by atoms with van der Waals surface area (Å²) in [5.41, 5.74) is -1.18. The number of carbonyl (C=O) groups is 2. The molecule has 0 bridgehead atoms. The number of rotatable bonds is 10. The van der Waals surface area contributed by atoms with Gasteiger partial charge in [-0.15, -0.1) is 0 Å². The minimum absolute atomic E-state index is 0.138. The van der Waals surface area contributed by atoms with Crippen molar-refractivity contribution in [1.29, 1.82) is 0 Å². The Morgan fingerprint density at radius 3 is 2.57 bits per heavy atom. The minimum atomic E-state index is -1.50. The van der Waals surface area contributed by atoms with Gasteiger partial charge in [0.05, 0.1) is 13.2 Å². The molecule has 0 aliphatic carbocycles. The second-order valence-corrected chi connectivity index (χ2v) is 5.25. The topological polar surface area (TPSA) is 94.1 Å². The monoisotopic (exact) mass is 325 g/mol. The molecule has 1 atom stereocenters. The number of nitrogens with one attached hydrogen (secondary N) is 1. The van der Waals surface area contributed by atoms with Crippen molar-refractivity contribution in [3.63, 3.8) is 0 Å². The van der Waals surface area contributed by atoms with Gasteiger partial charge in [0.25, 0.3) is 5.91 Å². The van der Waals surface area contributed by atoms with Crippen molar-refractivity contribution in [2.24, 2.45) is 0 Å². The lowest BCUT2D eigenvalue weighted by atomic mass is 10.0. The Hall–Kier alpha value is -2.12. The lowest BCUT2D eigenvalue weighted by Gasteiger charge is -2.25. The Morgan fingerprint density at radius 2 is 1.96 bits per heavy atom. The molecule has 23 heavy (non-hydrogen) atoms. The van der Waals surface area contributed by atoms with Gasteiger partial charge in [-0.2, -0.15) is 0 Å². The van der Waals surface area contributed by atoms with Crippen LogP contribution in [-0.4, -0.2) is 56.6 Å². The molecule has 0 radical (unpaired) electrons. The van der Waals surface area contributed by atoms with Gasteiger partial charge < -0.3 is 24.6 Å². The van der Waals surface area contributed by atoms with Crippen molar-refractivity contribution in [2.75, 3.05) is 34.0 Å². The first-order chi connectivity index (χ1) is 10.9. The Balaban J connectivity index is 2.74. The van der Waals surface area contributed by atoms with E-state index in [0.717, 1.165) is 6.42 Å². The summed E-state index contributed by atoms with van der Waals surface area (Å²) < 4.78 is 15.3. The summed E-state index contributed by atoms with van der Waals surface area (Å²) in [5.74, 6) is -1.13. The van der Waals surface area contributed by atoms with Crippen molar-refractivity contribution in [1.82, 2.24) is 5.32 Å². The van der Waals surface area contributed by atoms with Crippen molar-refractivity contribution in [2.45, 2.75) is 18.9 Å². The third-order valence-corrected chi connectivity index (χ3v) is 3.15. The molecule has 1 amide bonds. The Labute approximate surface area is 135 Å². The molecule has 0 aliphatic rings. The van der Waals surface area contributed by atoms with E-state index in [1.165, 1.54) is 14.0 Å². The van der Waals surface area contributed by atoms with Crippen molar-refractivity contribution < 1.29 is 28.9 Å². The van der Waals surface area contributed by atoms with Gasteiger partial charge >= 0.3 is 5.97 Å². The van der Waals surface area contributed by atoms with E-state index in [2.05, 4.69) is 5.32 Å². The molecule has 128 valence electrons. The highest BCUT2D eigenvalue weighted by atomic mass is 16.5. The van der Waals surface area contributed by atoms with Gasteiger partial charge in [0.2, 0.25) is 0 Å². The van der Waals surface area contributed by atoms with Gasteiger partial charge in [0, 0.05) is 32.8 Å². The smallest absolute Gasteiger partial charge is 0.331 e. The average molecular weight is 325 g/mol. The lowest BCUT2D eigenvalue weighted by Crippen LogP contribution is -2.55. The molecule has 1 unspecified atom stereocenters. The molecular formula is C16H23NO6. The first kappa shape index (κ1) is 18.9. The molecule has 1 rings (SSSR count). The van der Waals surface area contributed by atoms with Crippen LogP contribution < -0.4 is 10.1 Å². The van der Waals surface area contributed by atoms with Crippen LogP contribution in [0.4, 0.5) is 0 Å². The maximum absolute atomic E-state index is 12.3. The molecule has 0 aromatic heterocycles. The average Bonchev–Trinajstić information content (AvgIpc) is 2.52. The van der Waals surface area contributed by atoms with Crippen LogP contribution in [0.2, 0.25) is 0 Å². The van der Waals surface area contributed by atoms with E-state index in [1.54, 1.807) is 31.4 Å². The van der Waals surface area contributed by atoms with Crippen LogP contribution in [0, 0.1) is 0 Å². The van der Waals surface area contributed by atoms with Gasteiger partial charge in [0.1, 0.15) is 5.75 Å². The number of hydrogen-bond acceptors (Lipinski definition) is 5. The van der Waals surface area contributed by atoms with Gasteiger partial charge in [0.15, 0.2) is 5.54 Å². The number of amides is 1. The van der Waals surface area contributed by atoms with E-state index in [4.69, 9.17) is 14.2 Å². The van der Waals surface area contributed by atoms with Crippen LogP contribution in [-0.2, 0) is 14.3 Å². The first-order valence-corrected chi connectivity index (χ1v) is 7.19. The summed E-state index contributed by atoms with van der Waals surface area (Å²) in [5, 5.41) is 11.7. The molecule has 0 aliphatic heterocycles. The molecule has 0 heterocycles. The van der Waals surface area contributed by atoms with Crippen molar-refractivity contribution in [3.8, 4) is 5.75 Å². The summed E-state index contributed by atoms with van der Waals surface area (Å²) in [6, 6.07) is 6.56. The third kappa shape index (κ3) is 5.88. The first-order valence-electron chi connectivity index (χ1n) is 7.19. The molecule has 0 saturated heterocycles. The van der Waals surface area contributed by atoms with Crippen LogP contribution in [0.3, 0.4) is 0 Å². The lowest BCUT2D eigenvalue weighted by molar-refractivity contribution is -0.145.